The maximum Gasteiger partial charge on any atom is 0.272 e. The van der Waals surface area contributed by atoms with Crippen molar-refractivity contribution in [3.63, 3.8) is 0 Å². The third-order valence-electron chi connectivity index (χ3n) is 2.75. The van der Waals surface area contributed by atoms with Crippen LogP contribution in [-0.4, -0.2) is 33.9 Å². The molecule has 0 radical (unpaired) electrons. The van der Waals surface area contributed by atoms with Crippen LogP contribution in [0.1, 0.15) is 16.1 Å². The smallest absolute Gasteiger partial charge is 0.272 e. The molecule has 1 aromatic carbocycles. The summed E-state index contributed by atoms with van der Waals surface area (Å²) in [6, 6.07) is 12.2. The Balaban J connectivity index is 1.99. The Hall–Kier alpha value is -1.98. The average Bonchev–Trinajstić information content (AvgIpc) is 2.48. The number of aromatic nitrogens is 2. The Bertz CT molecular complexity index is 560. The van der Waals surface area contributed by atoms with Crippen LogP contribution in [0.2, 0.25) is 5.15 Å². The molecule has 1 atom stereocenters. The fraction of sp³-hybridized carbons (Fsp3) is 0.214. The zero-order valence-electron chi connectivity index (χ0n) is 10.7. The van der Waals surface area contributed by atoms with Crippen LogP contribution >= 0.6 is 11.6 Å². The van der Waals surface area contributed by atoms with Gasteiger partial charge in [0, 0.05) is 0 Å². The lowest BCUT2D eigenvalue weighted by Crippen LogP contribution is -2.39. The summed E-state index contributed by atoms with van der Waals surface area (Å²) < 4.78 is 0. The molecule has 20 heavy (non-hydrogen) atoms. The van der Waals surface area contributed by atoms with E-state index >= 15 is 0 Å². The normalized spacial score (nSPS) is 11.9. The van der Waals surface area contributed by atoms with Gasteiger partial charge in [-0.15, -0.1) is 10.2 Å². The number of aliphatic hydroxyl groups excluding tert-OH is 1. The van der Waals surface area contributed by atoms with Gasteiger partial charge in [-0.1, -0.05) is 41.9 Å². The molecule has 0 unspecified atom stereocenters. The van der Waals surface area contributed by atoms with E-state index in [4.69, 9.17) is 11.6 Å². The lowest BCUT2D eigenvalue weighted by molar-refractivity contribution is 0.0910. The lowest BCUT2D eigenvalue weighted by Gasteiger charge is -2.15. The first kappa shape index (κ1) is 14.4. The molecule has 0 bridgehead atoms. The Kier molecular flexibility index (Phi) is 5.03. The fourth-order valence-electron chi connectivity index (χ4n) is 1.76. The van der Waals surface area contributed by atoms with Crippen LogP contribution in [0.5, 0.6) is 0 Å². The van der Waals surface area contributed by atoms with Gasteiger partial charge >= 0.3 is 0 Å². The first-order chi connectivity index (χ1) is 9.69. The molecular formula is C14H14ClN3O2. The molecule has 0 aliphatic heterocycles. The minimum Gasteiger partial charge on any atom is -0.394 e. The van der Waals surface area contributed by atoms with Gasteiger partial charge in [0.2, 0.25) is 0 Å². The minimum atomic E-state index is -0.385. The lowest BCUT2D eigenvalue weighted by atomic mass is 10.1. The first-order valence-electron chi connectivity index (χ1n) is 6.14. The molecule has 1 aromatic heterocycles. The number of aliphatic hydroxyl groups is 1. The van der Waals surface area contributed by atoms with Crippen molar-refractivity contribution in [2.75, 3.05) is 6.61 Å². The van der Waals surface area contributed by atoms with E-state index in [2.05, 4.69) is 15.5 Å². The van der Waals surface area contributed by atoms with E-state index < -0.39 is 0 Å². The number of hydrogen-bond donors (Lipinski definition) is 2. The molecule has 1 heterocycles. The van der Waals surface area contributed by atoms with Crippen molar-refractivity contribution in [1.82, 2.24) is 15.5 Å². The highest BCUT2D eigenvalue weighted by Crippen LogP contribution is 2.05. The van der Waals surface area contributed by atoms with Crippen LogP contribution in [0.3, 0.4) is 0 Å². The predicted molar refractivity (Wildman–Crippen MR) is 75.5 cm³/mol. The third-order valence-corrected chi connectivity index (χ3v) is 2.95. The van der Waals surface area contributed by atoms with Gasteiger partial charge in [0.25, 0.3) is 5.91 Å². The van der Waals surface area contributed by atoms with Crippen LogP contribution < -0.4 is 5.32 Å². The largest absolute Gasteiger partial charge is 0.394 e. The van der Waals surface area contributed by atoms with E-state index in [1.807, 2.05) is 30.3 Å². The standard InChI is InChI=1S/C14H14ClN3O2/c15-13-7-6-12(17-18-13)14(20)16-11(9-19)8-10-4-2-1-3-5-10/h1-7,11,19H,8-9H2,(H,16,20)/t11-/m0/s1. The van der Waals surface area contributed by atoms with Crippen LogP contribution in [0.25, 0.3) is 0 Å². The summed E-state index contributed by atoms with van der Waals surface area (Å²) in [6.45, 7) is -0.151. The van der Waals surface area contributed by atoms with E-state index in [1.54, 1.807) is 0 Å². The molecule has 0 saturated heterocycles. The summed E-state index contributed by atoms with van der Waals surface area (Å²) in [7, 11) is 0. The molecule has 6 heteroatoms. The molecule has 0 saturated carbocycles. The quantitative estimate of drug-likeness (QED) is 0.874. The first-order valence-corrected chi connectivity index (χ1v) is 6.51. The second-order valence-corrected chi connectivity index (χ2v) is 4.67. The molecular weight excluding hydrogens is 278 g/mol. The summed E-state index contributed by atoms with van der Waals surface area (Å²) in [5.74, 6) is -0.385. The Labute approximate surface area is 121 Å². The van der Waals surface area contributed by atoms with Crippen molar-refractivity contribution < 1.29 is 9.90 Å². The predicted octanol–water partition coefficient (Wildman–Crippen LogP) is 1.46. The maximum atomic E-state index is 11.9. The molecule has 0 spiro atoms. The number of halogens is 1. The molecule has 104 valence electrons. The van der Waals surface area contributed by atoms with Crippen LogP contribution in [0.15, 0.2) is 42.5 Å². The third kappa shape index (κ3) is 4.01. The van der Waals surface area contributed by atoms with Gasteiger partial charge in [0.15, 0.2) is 10.8 Å². The van der Waals surface area contributed by atoms with Crippen molar-refractivity contribution in [3.8, 4) is 0 Å². The van der Waals surface area contributed by atoms with Crippen molar-refractivity contribution in [2.45, 2.75) is 12.5 Å². The van der Waals surface area contributed by atoms with Crippen molar-refractivity contribution in [1.29, 1.82) is 0 Å². The van der Waals surface area contributed by atoms with E-state index in [9.17, 15) is 9.90 Å². The minimum absolute atomic E-state index is 0.151. The maximum absolute atomic E-state index is 11.9. The van der Waals surface area contributed by atoms with Gasteiger partial charge in [-0.05, 0) is 24.1 Å². The number of rotatable bonds is 5. The summed E-state index contributed by atoms with van der Waals surface area (Å²) in [4.78, 5) is 11.9. The second kappa shape index (κ2) is 6.98. The second-order valence-electron chi connectivity index (χ2n) is 4.28. The van der Waals surface area contributed by atoms with Gasteiger partial charge in [-0.25, -0.2) is 0 Å². The molecule has 2 N–H and O–H groups in total. The number of carbonyl (C=O) groups is 1. The van der Waals surface area contributed by atoms with Gasteiger partial charge in [0.05, 0.1) is 12.6 Å². The highest BCUT2D eigenvalue weighted by atomic mass is 35.5. The number of benzene rings is 1. The number of amides is 1. The summed E-state index contributed by atoms with van der Waals surface area (Å²) in [5, 5.41) is 19.6. The molecule has 2 aromatic rings. The van der Waals surface area contributed by atoms with E-state index in [0.29, 0.717) is 6.42 Å². The SMILES string of the molecule is O=C(N[C@H](CO)Cc1ccccc1)c1ccc(Cl)nn1. The van der Waals surface area contributed by atoms with Crippen molar-refractivity contribution in [2.24, 2.45) is 0 Å². The number of carbonyl (C=O) groups excluding carboxylic acids is 1. The Morgan fingerprint density at radius 1 is 1.20 bits per heavy atom. The summed E-state index contributed by atoms with van der Waals surface area (Å²) in [6.07, 6.45) is 0.546. The van der Waals surface area contributed by atoms with Crippen LogP contribution in [0.4, 0.5) is 0 Å². The zero-order chi connectivity index (χ0) is 14.4. The van der Waals surface area contributed by atoms with Crippen molar-refractivity contribution >= 4 is 17.5 Å². The number of nitrogens with zero attached hydrogens (tertiary/aromatic N) is 2. The number of nitrogens with one attached hydrogen (secondary N) is 1. The Morgan fingerprint density at radius 2 is 1.95 bits per heavy atom. The zero-order valence-corrected chi connectivity index (χ0v) is 11.4. The molecule has 0 fully saturated rings. The van der Waals surface area contributed by atoms with Crippen molar-refractivity contribution in [3.05, 3.63) is 58.9 Å². The molecule has 0 aliphatic rings. The van der Waals surface area contributed by atoms with E-state index in [0.717, 1.165) is 5.56 Å². The average molecular weight is 292 g/mol. The van der Waals surface area contributed by atoms with Crippen LogP contribution in [-0.2, 0) is 6.42 Å². The summed E-state index contributed by atoms with van der Waals surface area (Å²) >= 11 is 5.61. The molecule has 2 rings (SSSR count). The van der Waals surface area contributed by atoms with Gasteiger partial charge in [0.1, 0.15) is 0 Å². The summed E-state index contributed by atoms with van der Waals surface area (Å²) in [5.41, 5.74) is 1.20. The number of hydrogen-bond acceptors (Lipinski definition) is 4. The van der Waals surface area contributed by atoms with Gasteiger partial charge < -0.3 is 10.4 Å². The van der Waals surface area contributed by atoms with Gasteiger partial charge in [-0.3, -0.25) is 4.79 Å². The van der Waals surface area contributed by atoms with Crippen LogP contribution in [0, 0.1) is 0 Å². The Morgan fingerprint density at radius 3 is 2.55 bits per heavy atom. The monoisotopic (exact) mass is 291 g/mol. The van der Waals surface area contributed by atoms with E-state index in [-0.39, 0.29) is 29.4 Å². The molecule has 1 amide bonds. The van der Waals surface area contributed by atoms with Gasteiger partial charge in [-0.2, -0.15) is 0 Å². The topological polar surface area (TPSA) is 75.1 Å². The van der Waals surface area contributed by atoms with E-state index in [1.165, 1.54) is 12.1 Å². The highest BCUT2D eigenvalue weighted by Gasteiger charge is 2.14. The molecule has 5 nitrogen and oxygen atoms in total. The molecule has 0 aliphatic carbocycles. The fourth-order valence-corrected chi connectivity index (χ4v) is 1.86. The highest BCUT2D eigenvalue weighted by molar-refractivity contribution is 6.29.